The third-order valence-electron chi connectivity index (χ3n) is 4.38. The van der Waals surface area contributed by atoms with Gasteiger partial charge in [0.1, 0.15) is 0 Å². The van der Waals surface area contributed by atoms with Crippen LogP contribution in [0.5, 0.6) is 0 Å². The fourth-order valence-corrected chi connectivity index (χ4v) is 3.00. The van der Waals surface area contributed by atoms with Crippen molar-refractivity contribution >= 4 is 16.4 Å². The molecule has 3 nitrogen and oxygen atoms in total. The summed E-state index contributed by atoms with van der Waals surface area (Å²) in [5.41, 5.74) is 5.86. The molecular formula is C21H23N3. The van der Waals surface area contributed by atoms with Crippen LogP contribution in [0.25, 0.3) is 27.8 Å². The number of pyridine rings is 1. The SMILES string of the molecule is CC.Cc1cc(C)c(-c2nnc3c4ccccc4ccn23)cc1C. The Hall–Kier alpha value is -2.68. The van der Waals surface area contributed by atoms with Crippen molar-refractivity contribution < 1.29 is 0 Å². The highest BCUT2D eigenvalue weighted by Crippen LogP contribution is 2.27. The number of nitrogens with zero attached hydrogens (tertiary/aromatic N) is 3. The molecule has 0 spiro atoms. The summed E-state index contributed by atoms with van der Waals surface area (Å²) in [4.78, 5) is 0. The van der Waals surface area contributed by atoms with E-state index in [0.29, 0.717) is 0 Å². The monoisotopic (exact) mass is 317 g/mol. The highest BCUT2D eigenvalue weighted by molar-refractivity contribution is 5.94. The van der Waals surface area contributed by atoms with E-state index >= 15 is 0 Å². The first-order valence-corrected chi connectivity index (χ1v) is 8.46. The number of aryl methyl sites for hydroxylation is 3. The average Bonchev–Trinajstić information content (AvgIpc) is 3.04. The van der Waals surface area contributed by atoms with Gasteiger partial charge in [-0.15, -0.1) is 10.2 Å². The fourth-order valence-electron chi connectivity index (χ4n) is 3.00. The lowest BCUT2D eigenvalue weighted by Crippen LogP contribution is -1.94. The quantitative estimate of drug-likeness (QED) is 0.464. The molecule has 0 saturated heterocycles. The molecule has 0 unspecified atom stereocenters. The zero-order valence-corrected chi connectivity index (χ0v) is 15.0. The highest BCUT2D eigenvalue weighted by Gasteiger charge is 2.13. The van der Waals surface area contributed by atoms with E-state index in [1.165, 1.54) is 22.1 Å². The molecule has 0 radical (unpaired) electrons. The van der Waals surface area contributed by atoms with E-state index in [-0.39, 0.29) is 0 Å². The zero-order valence-electron chi connectivity index (χ0n) is 15.0. The molecule has 0 aliphatic heterocycles. The molecule has 3 heteroatoms. The van der Waals surface area contributed by atoms with Gasteiger partial charge in [-0.1, -0.05) is 44.2 Å². The van der Waals surface area contributed by atoms with Crippen molar-refractivity contribution in [2.45, 2.75) is 34.6 Å². The normalized spacial score (nSPS) is 10.7. The molecule has 24 heavy (non-hydrogen) atoms. The number of hydrogen-bond acceptors (Lipinski definition) is 2. The molecule has 2 aromatic carbocycles. The molecule has 0 atom stereocenters. The van der Waals surface area contributed by atoms with E-state index < -0.39 is 0 Å². The van der Waals surface area contributed by atoms with Gasteiger partial charge in [-0.2, -0.15) is 0 Å². The topological polar surface area (TPSA) is 30.2 Å². The molecule has 0 N–H and O–H groups in total. The van der Waals surface area contributed by atoms with Crippen molar-refractivity contribution in [1.82, 2.24) is 14.6 Å². The van der Waals surface area contributed by atoms with Gasteiger partial charge >= 0.3 is 0 Å². The van der Waals surface area contributed by atoms with Crippen LogP contribution in [-0.2, 0) is 0 Å². The van der Waals surface area contributed by atoms with Gasteiger partial charge in [0.05, 0.1) is 0 Å². The van der Waals surface area contributed by atoms with E-state index in [1.54, 1.807) is 0 Å². The van der Waals surface area contributed by atoms with E-state index in [4.69, 9.17) is 0 Å². The molecule has 0 saturated carbocycles. The lowest BCUT2D eigenvalue weighted by molar-refractivity contribution is 1.10. The van der Waals surface area contributed by atoms with Crippen molar-refractivity contribution in [3.63, 3.8) is 0 Å². The minimum absolute atomic E-state index is 0.904. The van der Waals surface area contributed by atoms with E-state index in [1.807, 2.05) is 26.0 Å². The molecule has 2 aromatic heterocycles. The molecule has 0 amide bonds. The van der Waals surface area contributed by atoms with Gasteiger partial charge in [-0.05, 0) is 55.0 Å². The Kier molecular flexibility index (Phi) is 4.34. The summed E-state index contributed by atoms with van der Waals surface area (Å²) in [6.45, 7) is 10.4. The largest absolute Gasteiger partial charge is 0.282 e. The van der Waals surface area contributed by atoms with E-state index in [2.05, 4.69) is 71.9 Å². The number of benzene rings is 2. The Balaban J connectivity index is 0.000000815. The van der Waals surface area contributed by atoms with Gasteiger partial charge in [0.25, 0.3) is 0 Å². The standard InChI is InChI=1S/C19H17N3.C2H6/c1-12-10-14(3)17(11-13(12)2)19-21-20-18-16-7-5-4-6-15(16)8-9-22(18)19;1-2/h4-11H,1-3H3;1-2H3. The Bertz CT molecular complexity index is 1010. The predicted octanol–water partition coefficient (Wildman–Crippen LogP) is 5.50. The van der Waals surface area contributed by atoms with Crippen LogP contribution in [0, 0.1) is 20.8 Å². The Morgan fingerprint density at radius 2 is 1.50 bits per heavy atom. The fraction of sp³-hybridized carbons (Fsp3) is 0.238. The van der Waals surface area contributed by atoms with Crippen LogP contribution in [0.15, 0.2) is 48.7 Å². The summed E-state index contributed by atoms with van der Waals surface area (Å²) in [6, 6.07) is 14.8. The van der Waals surface area contributed by atoms with Gasteiger partial charge < -0.3 is 0 Å². The van der Waals surface area contributed by atoms with Crippen molar-refractivity contribution in [3.05, 3.63) is 65.4 Å². The summed E-state index contributed by atoms with van der Waals surface area (Å²) in [7, 11) is 0. The minimum atomic E-state index is 0.904. The summed E-state index contributed by atoms with van der Waals surface area (Å²) >= 11 is 0. The second-order valence-corrected chi connectivity index (χ2v) is 5.87. The van der Waals surface area contributed by atoms with Crippen LogP contribution >= 0.6 is 0 Å². The molecule has 4 rings (SSSR count). The maximum absolute atomic E-state index is 4.46. The van der Waals surface area contributed by atoms with E-state index in [9.17, 15) is 0 Å². The van der Waals surface area contributed by atoms with Crippen LogP contribution in [0.1, 0.15) is 30.5 Å². The second-order valence-electron chi connectivity index (χ2n) is 5.87. The first kappa shape index (κ1) is 16.2. The number of fused-ring (bicyclic) bond motifs is 3. The van der Waals surface area contributed by atoms with Crippen molar-refractivity contribution in [3.8, 4) is 11.4 Å². The van der Waals surface area contributed by atoms with Gasteiger partial charge in [0.2, 0.25) is 0 Å². The second kappa shape index (κ2) is 6.44. The third-order valence-corrected chi connectivity index (χ3v) is 4.38. The maximum Gasteiger partial charge on any atom is 0.168 e. The lowest BCUT2D eigenvalue weighted by Gasteiger charge is -2.09. The summed E-state index contributed by atoms with van der Waals surface area (Å²) in [5.74, 6) is 0.904. The van der Waals surface area contributed by atoms with Crippen LogP contribution in [0.2, 0.25) is 0 Å². The molecular weight excluding hydrogens is 294 g/mol. The van der Waals surface area contributed by atoms with Gasteiger partial charge in [0, 0.05) is 17.1 Å². The molecule has 0 aliphatic rings. The van der Waals surface area contributed by atoms with Crippen LogP contribution in [0.3, 0.4) is 0 Å². The minimum Gasteiger partial charge on any atom is -0.282 e. The highest BCUT2D eigenvalue weighted by atomic mass is 15.2. The van der Waals surface area contributed by atoms with Gasteiger partial charge in [0.15, 0.2) is 11.5 Å². The summed E-state index contributed by atoms with van der Waals surface area (Å²) < 4.78 is 2.08. The summed E-state index contributed by atoms with van der Waals surface area (Å²) in [6.07, 6.45) is 2.06. The van der Waals surface area contributed by atoms with Crippen LogP contribution in [0.4, 0.5) is 0 Å². The van der Waals surface area contributed by atoms with Gasteiger partial charge in [-0.3, -0.25) is 4.40 Å². The molecule has 2 heterocycles. The number of rotatable bonds is 1. The molecule has 122 valence electrons. The van der Waals surface area contributed by atoms with E-state index in [0.717, 1.165) is 22.4 Å². The number of aromatic nitrogens is 3. The smallest absolute Gasteiger partial charge is 0.168 e. The first-order valence-electron chi connectivity index (χ1n) is 8.46. The Labute approximate surface area is 143 Å². The molecule has 0 aliphatic carbocycles. The maximum atomic E-state index is 4.46. The first-order chi connectivity index (χ1) is 11.6. The van der Waals surface area contributed by atoms with Crippen molar-refractivity contribution in [2.75, 3.05) is 0 Å². The Morgan fingerprint density at radius 3 is 2.29 bits per heavy atom. The zero-order chi connectivity index (χ0) is 17.3. The summed E-state index contributed by atoms with van der Waals surface area (Å²) in [5, 5.41) is 11.2. The van der Waals surface area contributed by atoms with Gasteiger partial charge in [-0.25, -0.2) is 0 Å². The molecule has 0 fully saturated rings. The lowest BCUT2D eigenvalue weighted by atomic mass is 10.0. The molecule has 4 aromatic rings. The van der Waals surface area contributed by atoms with Crippen LogP contribution in [-0.4, -0.2) is 14.6 Å². The number of hydrogen-bond donors (Lipinski definition) is 0. The van der Waals surface area contributed by atoms with Crippen LogP contribution < -0.4 is 0 Å². The molecule has 0 bridgehead atoms. The van der Waals surface area contributed by atoms with Crippen molar-refractivity contribution in [1.29, 1.82) is 0 Å². The van der Waals surface area contributed by atoms with Crippen molar-refractivity contribution in [2.24, 2.45) is 0 Å². The third kappa shape index (κ3) is 2.56. The predicted molar refractivity (Wildman–Crippen MR) is 101 cm³/mol. The Morgan fingerprint density at radius 1 is 0.792 bits per heavy atom. The average molecular weight is 317 g/mol.